The van der Waals surface area contributed by atoms with E-state index in [1.807, 2.05) is 43.3 Å². The van der Waals surface area contributed by atoms with Crippen molar-refractivity contribution in [3.8, 4) is 0 Å². The maximum Gasteiger partial charge on any atom is 0.246 e. The minimum Gasteiger partial charge on any atom is -0.468 e. The highest BCUT2D eigenvalue weighted by atomic mass is 32.2. The summed E-state index contributed by atoms with van der Waals surface area (Å²) < 4.78 is 34.3. The number of furan rings is 1. The molecule has 1 N–H and O–H groups in total. The molecule has 0 radical (unpaired) electrons. The number of carbonyl (C=O) groups is 1. The van der Waals surface area contributed by atoms with Crippen LogP contribution in [0.25, 0.3) is 10.8 Å². The van der Waals surface area contributed by atoms with E-state index in [-0.39, 0.29) is 29.9 Å². The van der Waals surface area contributed by atoms with Crippen LogP contribution in [0.1, 0.15) is 35.7 Å². The van der Waals surface area contributed by atoms with Crippen molar-refractivity contribution in [2.45, 2.75) is 44.8 Å². The van der Waals surface area contributed by atoms with Crippen LogP contribution in [-0.2, 0) is 27.9 Å². The fourth-order valence-electron chi connectivity index (χ4n) is 4.05. The van der Waals surface area contributed by atoms with E-state index in [1.165, 1.54) is 22.3 Å². The number of nitrogens with zero attached hydrogens (tertiary/aromatic N) is 3. The highest BCUT2D eigenvalue weighted by Crippen LogP contribution is 2.24. The molecule has 0 fully saturated rings. The molecule has 4 aromatic rings. The van der Waals surface area contributed by atoms with E-state index in [2.05, 4.69) is 16.5 Å². The lowest BCUT2D eigenvalue weighted by Gasteiger charge is -2.17. The first-order chi connectivity index (χ1) is 16.2. The number of aryl methyl sites for hydroxylation is 1. The second-order valence-corrected chi connectivity index (χ2v) is 10.4. The van der Waals surface area contributed by atoms with Crippen molar-refractivity contribution in [2.24, 2.45) is 0 Å². The van der Waals surface area contributed by atoms with Gasteiger partial charge in [0.05, 0.1) is 30.2 Å². The van der Waals surface area contributed by atoms with Crippen LogP contribution in [0, 0.1) is 13.8 Å². The molecule has 9 heteroatoms. The number of benzene rings is 2. The summed E-state index contributed by atoms with van der Waals surface area (Å²) in [5.41, 5.74) is 1.75. The highest BCUT2D eigenvalue weighted by Gasteiger charge is 2.29. The van der Waals surface area contributed by atoms with Gasteiger partial charge >= 0.3 is 0 Å². The second-order valence-electron chi connectivity index (χ2n) is 8.39. The number of rotatable bonds is 8. The molecule has 34 heavy (non-hydrogen) atoms. The van der Waals surface area contributed by atoms with E-state index in [4.69, 9.17) is 4.42 Å². The average molecular weight is 481 g/mol. The molecule has 178 valence electrons. The van der Waals surface area contributed by atoms with Crippen LogP contribution in [0.5, 0.6) is 0 Å². The Balaban J connectivity index is 1.48. The maximum absolute atomic E-state index is 13.2. The summed E-state index contributed by atoms with van der Waals surface area (Å²) in [6.45, 7) is 5.23. The van der Waals surface area contributed by atoms with Crippen molar-refractivity contribution >= 4 is 26.7 Å². The highest BCUT2D eigenvalue weighted by molar-refractivity contribution is 7.89. The van der Waals surface area contributed by atoms with Gasteiger partial charge in [0, 0.05) is 7.05 Å². The van der Waals surface area contributed by atoms with Crippen molar-refractivity contribution in [2.75, 3.05) is 7.05 Å². The smallest absolute Gasteiger partial charge is 0.246 e. The zero-order valence-corrected chi connectivity index (χ0v) is 20.5. The van der Waals surface area contributed by atoms with Gasteiger partial charge in [0.1, 0.15) is 17.2 Å². The van der Waals surface area contributed by atoms with Crippen molar-refractivity contribution in [1.82, 2.24) is 19.4 Å². The number of hydrogen-bond acceptors (Lipinski definition) is 5. The Morgan fingerprint density at radius 1 is 1.12 bits per heavy atom. The average Bonchev–Trinajstić information content (AvgIpc) is 3.40. The van der Waals surface area contributed by atoms with Crippen molar-refractivity contribution in [3.63, 3.8) is 0 Å². The fraction of sp³-hybridized carbons (Fsp3) is 0.280. The third kappa shape index (κ3) is 4.76. The zero-order chi connectivity index (χ0) is 24.5. The molecule has 1 amide bonds. The van der Waals surface area contributed by atoms with E-state index in [0.29, 0.717) is 17.1 Å². The lowest BCUT2D eigenvalue weighted by atomic mass is 10.0. The first kappa shape index (κ1) is 23.7. The topological polar surface area (TPSA) is 97.4 Å². The van der Waals surface area contributed by atoms with Gasteiger partial charge in [-0.15, -0.1) is 0 Å². The number of hydrogen-bond donors (Lipinski definition) is 1. The Morgan fingerprint density at radius 2 is 1.85 bits per heavy atom. The van der Waals surface area contributed by atoms with Crippen molar-refractivity contribution in [1.29, 1.82) is 0 Å². The third-order valence-electron chi connectivity index (χ3n) is 5.89. The summed E-state index contributed by atoms with van der Waals surface area (Å²) in [4.78, 5) is 12.9. The first-order valence-corrected chi connectivity index (χ1v) is 12.4. The van der Waals surface area contributed by atoms with Crippen LogP contribution in [-0.4, -0.2) is 35.5 Å². The summed E-state index contributed by atoms with van der Waals surface area (Å²) >= 11 is 0. The van der Waals surface area contributed by atoms with Crippen molar-refractivity contribution in [3.05, 3.63) is 83.6 Å². The van der Waals surface area contributed by atoms with Gasteiger partial charge in [-0.05, 0) is 55.3 Å². The van der Waals surface area contributed by atoms with Gasteiger partial charge in [0.2, 0.25) is 15.9 Å². The summed E-state index contributed by atoms with van der Waals surface area (Å²) in [7, 11) is -2.33. The quantitative estimate of drug-likeness (QED) is 0.412. The van der Waals surface area contributed by atoms with E-state index in [0.717, 1.165) is 16.3 Å². The molecule has 4 rings (SSSR count). The van der Waals surface area contributed by atoms with E-state index in [9.17, 15) is 13.2 Å². The van der Waals surface area contributed by atoms with Crippen molar-refractivity contribution < 1.29 is 17.6 Å². The predicted molar refractivity (Wildman–Crippen MR) is 130 cm³/mol. The van der Waals surface area contributed by atoms with Crippen LogP contribution in [0.2, 0.25) is 0 Å². The van der Waals surface area contributed by atoms with Gasteiger partial charge in [-0.3, -0.25) is 9.48 Å². The molecular formula is C25H28N4O4S. The lowest BCUT2D eigenvalue weighted by molar-refractivity contribution is -0.122. The maximum atomic E-state index is 13.2. The van der Waals surface area contributed by atoms with Crippen LogP contribution < -0.4 is 5.32 Å². The number of amides is 1. The van der Waals surface area contributed by atoms with E-state index >= 15 is 0 Å². The third-order valence-corrected chi connectivity index (χ3v) is 7.94. The van der Waals surface area contributed by atoms with Crippen LogP contribution in [0.4, 0.5) is 0 Å². The first-order valence-electron chi connectivity index (χ1n) is 11.0. The summed E-state index contributed by atoms with van der Waals surface area (Å²) in [5.74, 6) is 0.287. The van der Waals surface area contributed by atoms with Crippen LogP contribution >= 0.6 is 0 Å². The standard InChI is InChI=1S/C25H28N4O4S/c1-17(21-12-11-20-8-5-6-9-22(20)14-21)26-24(30)16-29-19(3)25(18(2)27-29)34(31,32)28(4)15-23-10-7-13-33-23/h5-14,17H,15-16H2,1-4H3,(H,26,30). The Labute approximate surface area is 199 Å². The molecule has 2 aromatic carbocycles. The predicted octanol–water partition coefficient (Wildman–Crippen LogP) is 3.94. The van der Waals surface area contributed by atoms with Crippen LogP contribution in [0.15, 0.2) is 70.2 Å². The molecule has 1 atom stereocenters. The largest absolute Gasteiger partial charge is 0.468 e. The molecule has 0 saturated heterocycles. The van der Waals surface area contributed by atoms with E-state index in [1.54, 1.807) is 26.0 Å². The van der Waals surface area contributed by atoms with Gasteiger partial charge in [-0.2, -0.15) is 9.40 Å². The molecule has 0 saturated carbocycles. The lowest BCUT2D eigenvalue weighted by Crippen LogP contribution is -2.31. The van der Waals surface area contributed by atoms with Gasteiger partial charge in [0.25, 0.3) is 0 Å². The fourth-order valence-corrected chi connectivity index (χ4v) is 5.56. The molecule has 0 spiro atoms. The zero-order valence-electron chi connectivity index (χ0n) is 19.6. The summed E-state index contributed by atoms with van der Waals surface area (Å²) in [6.07, 6.45) is 1.50. The molecule has 2 heterocycles. The second kappa shape index (κ2) is 9.44. The Hall–Kier alpha value is -3.43. The number of carbonyl (C=O) groups excluding carboxylic acids is 1. The SMILES string of the molecule is Cc1nn(CC(=O)NC(C)c2ccc3ccccc3c2)c(C)c1S(=O)(=O)N(C)Cc1ccco1. The Kier molecular flexibility index (Phi) is 6.58. The Morgan fingerprint density at radius 3 is 2.56 bits per heavy atom. The molecular weight excluding hydrogens is 452 g/mol. The van der Waals surface area contributed by atoms with Gasteiger partial charge < -0.3 is 9.73 Å². The van der Waals surface area contributed by atoms with Crippen LogP contribution in [0.3, 0.4) is 0 Å². The minimum absolute atomic E-state index is 0.0813. The number of aromatic nitrogens is 2. The molecule has 0 aliphatic heterocycles. The number of sulfonamides is 1. The molecule has 0 bridgehead atoms. The minimum atomic E-state index is -3.82. The molecule has 0 aliphatic rings. The normalized spacial score (nSPS) is 12.9. The Bertz CT molecular complexity index is 1420. The molecule has 1 unspecified atom stereocenters. The van der Waals surface area contributed by atoms with E-state index < -0.39 is 10.0 Å². The molecule has 2 aromatic heterocycles. The van der Waals surface area contributed by atoms with Gasteiger partial charge in [-0.1, -0.05) is 36.4 Å². The summed E-state index contributed by atoms with van der Waals surface area (Å²) in [6, 6.07) is 17.4. The number of nitrogens with one attached hydrogen (secondary N) is 1. The number of fused-ring (bicyclic) bond motifs is 1. The molecule has 0 aliphatic carbocycles. The monoisotopic (exact) mass is 480 g/mol. The van der Waals surface area contributed by atoms with Gasteiger partial charge in [-0.25, -0.2) is 8.42 Å². The summed E-state index contributed by atoms with van der Waals surface area (Å²) in [5, 5.41) is 9.57. The van der Waals surface area contributed by atoms with Gasteiger partial charge in [0.15, 0.2) is 0 Å². The molecule has 8 nitrogen and oxygen atoms in total.